The first-order chi connectivity index (χ1) is 21.4. The highest BCUT2D eigenvalue weighted by molar-refractivity contribution is 7.90. The number of rotatable bonds is 9. The van der Waals surface area contributed by atoms with Gasteiger partial charge >= 0.3 is 6.09 Å². The van der Waals surface area contributed by atoms with Crippen LogP contribution >= 0.6 is 0 Å². The second kappa shape index (κ2) is 13.5. The number of ether oxygens (including phenoxy) is 3. The Kier molecular flexibility index (Phi) is 9.70. The molecule has 1 saturated heterocycles. The Bertz CT molecular complexity index is 1740. The largest absolute Gasteiger partial charge is 0.497 e. The normalized spacial score (nSPS) is 14.2. The monoisotopic (exact) mass is 630 g/mol. The maximum atomic E-state index is 13.3. The molecule has 0 aliphatic carbocycles. The van der Waals surface area contributed by atoms with Gasteiger partial charge in [0.05, 0.1) is 12.0 Å². The van der Waals surface area contributed by atoms with Crippen LogP contribution in [-0.4, -0.2) is 64.6 Å². The number of piperidine rings is 1. The van der Waals surface area contributed by atoms with Crippen molar-refractivity contribution in [1.29, 1.82) is 0 Å². The molecule has 4 aromatic carbocycles. The molecular weight excluding hydrogens is 588 g/mol. The van der Waals surface area contributed by atoms with E-state index >= 15 is 0 Å². The zero-order chi connectivity index (χ0) is 32.2. The Morgan fingerprint density at radius 3 is 2.16 bits per heavy atom. The van der Waals surface area contributed by atoms with Gasteiger partial charge in [0.25, 0.3) is 0 Å². The molecule has 4 aromatic rings. The predicted octanol–water partition coefficient (Wildman–Crippen LogP) is 7.94. The number of methoxy groups -OCH3 is 1. The van der Waals surface area contributed by atoms with Gasteiger partial charge in [0.2, 0.25) is 0 Å². The van der Waals surface area contributed by atoms with Crippen LogP contribution in [0.3, 0.4) is 0 Å². The molecule has 0 aromatic heterocycles. The summed E-state index contributed by atoms with van der Waals surface area (Å²) in [6, 6.07) is 24.0. The van der Waals surface area contributed by atoms with Crippen LogP contribution < -0.4 is 14.4 Å². The lowest BCUT2D eigenvalue weighted by atomic mass is 9.99. The van der Waals surface area contributed by atoms with Crippen molar-refractivity contribution in [1.82, 2.24) is 4.90 Å². The Morgan fingerprint density at radius 2 is 1.53 bits per heavy atom. The summed E-state index contributed by atoms with van der Waals surface area (Å²) in [5, 5.41) is 1.81. The Labute approximate surface area is 266 Å². The van der Waals surface area contributed by atoms with Crippen LogP contribution in [0.5, 0.6) is 17.2 Å². The van der Waals surface area contributed by atoms with E-state index in [1.807, 2.05) is 75.4 Å². The maximum Gasteiger partial charge on any atom is 0.414 e. The molecule has 0 saturated carbocycles. The smallest absolute Gasteiger partial charge is 0.414 e. The van der Waals surface area contributed by atoms with Gasteiger partial charge in [0.1, 0.15) is 22.8 Å². The molecule has 238 valence electrons. The van der Waals surface area contributed by atoms with Gasteiger partial charge in [-0.05, 0) is 118 Å². The third kappa shape index (κ3) is 8.15. The van der Waals surface area contributed by atoms with Crippen molar-refractivity contribution >= 4 is 32.4 Å². The summed E-state index contributed by atoms with van der Waals surface area (Å²) < 4.78 is 41.9. The average Bonchev–Trinajstić information content (AvgIpc) is 3.01. The van der Waals surface area contributed by atoms with Gasteiger partial charge in [-0.1, -0.05) is 24.6 Å². The Morgan fingerprint density at radius 1 is 0.867 bits per heavy atom. The molecule has 45 heavy (non-hydrogen) atoms. The zero-order valence-corrected chi connectivity index (χ0v) is 27.5. The summed E-state index contributed by atoms with van der Waals surface area (Å²) in [5.41, 5.74) is 1.75. The Hall–Kier alpha value is -4.08. The molecule has 0 atom stereocenters. The van der Waals surface area contributed by atoms with Gasteiger partial charge in [-0.15, -0.1) is 0 Å². The summed E-state index contributed by atoms with van der Waals surface area (Å²) in [6.45, 7) is 9.01. The summed E-state index contributed by atoms with van der Waals surface area (Å²) in [4.78, 5) is 17.7. The molecular formula is C36H42N2O6S. The number of fused-ring (bicyclic) bond motifs is 1. The molecule has 0 unspecified atom stereocenters. The Balaban J connectivity index is 1.47. The highest BCUT2D eigenvalue weighted by Crippen LogP contribution is 2.41. The van der Waals surface area contributed by atoms with Crippen molar-refractivity contribution in [3.63, 3.8) is 0 Å². The SMILES string of the molecule is COc1ccc2c(Oc3ccc(N(CCN4CCCCC4)C(=O)OC(C)(C)C)cc3)c(-c3ccc(S(C)(=O)=O)cc3)ccc2c1. The van der Waals surface area contributed by atoms with Crippen molar-refractivity contribution in [3.05, 3.63) is 78.9 Å². The molecule has 1 heterocycles. The fourth-order valence-corrected chi connectivity index (χ4v) is 6.14. The van der Waals surface area contributed by atoms with Gasteiger partial charge < -0.3 is 19.1 Å². The van der Waals surface area contributed by atoms with Gasteiger partial charge in [-0.3, -0.25) is 4.90 Å². The minimum atomic E-state index is -3.33. The molecule has 9 heteroatoms. The first kappa shape index (κ1) is 32.3. The number of carbonyl (C=O) groups is 1. The van der Waals surface area contributed by atoms with Crippen molar-refractivity contribution in [2.75, 3.05) is 44.4 Å². The van der Waals surface area contributed by atoms with Crippen LogP contribution in [0.15, 0.2) is 83.8 Å². The van der Waals surface area contributed by atoms with Gasteiger partial charge in [0, 0.05) is 36.0 Å². The van der Waals surface area contributed by atoms with Crippen molar-refractivity contribution in [2.24, 2.45) is 0 Å². The molecule has 1 aliphatic heterocycles. The maximum absolute atomic E-state index is 13.3. The number of nitrogens with zero attached hydrogens (tertiary/aromatic N) is 2. The second-order valence-corrected chi connectivity index (χ2v) is 14.5. The van der Waals surface area contributed by atoms with E-state index in [1.165, 1.54) is 25.5 Å². The topological polar surface area (TPSA) is 85.4 Å². The highest BCUT2D eigenvalue weighted by Gasteiger charge is 2.25. The number of hydrogen-bond donors (Lipinski definition) is 0. The molecule has 5 rings (SSSR count). The number of benzene rings is 4. The number of amides is 1. The molecule has 1 aliphatic rings. The molecule has 0 spiro atoms. The van der Waals surface area contributed by atoms with Crippen LogP contribution in [0.2, 0.25) is 0 Å². The minimum Gasteiger partial charge on any atom is -0.497 e. The lowest BCUT2D eigenvalue weighted by Crippen LogP contribution is -2.42. The van der Waals surface area contributed by atoms with E-state index in [0.29, 0.717) is 18.0 Å². The van der Waals surface area contributed by atoms with Crippen LogP contribution in [0.1, 0.15) is 40.0 Å². The molecule has 8 nitrogen and oxygen atoms in total. The number of likely N-dealkylation sites (tertiary alicyclic amines) is 1. The number of anilines is 1. The van der Waals surface area contributed by atoms with Crippen LogP contribution in [0.4, 0.5) is 10.5 Å². The van der Waals surface area contributed by atoms with E-state index in [2.05, 4.69) is 4.90 Å². The number of sulfone groups is 1. The summed E-state index contributed by atoms with van der Waals surface area (Å²) in [7, 11) is -1.70. The van der Waals surface area contributed by atoms with Gasteiger partial charge in [-0.25, -0.2) is 13.2 Å². The van der Waals surface area contributed by atoms with Crippen LogP contribution in [-0.2, 0) is 14.6 Å². The van der Waals surface area contributed by atoms with Crippen molar-refractivity contribution in [3.8, 4) is 28.4 Å². The van der Waals surface area contributed by atoms with E-state index in [0.717, 1.165) is 53.0 Å². The quantitative estimate of drug-likeness (QED) is 0.186. The molecule has 0 N–H and O–H groups in total. The molecule has 0 bridgehead atoms. The van der Waals surface area contributed by atoms with E-state index in [4.69, 9.17) is 14.2 Å². The fraction of sp³-hybridized carbons (Fsp3) is 0.361. The lowest BCUT2D eigenvalue weighted by molar-refractivity contribution is 0.0575. The van der Waals surface area contributed by atoms with Gasteiger partial charge in [-0.2, -0.15) is 0 Å². The molecule has 0 radical (unpaired) electrons. The second-order valence-electron chi connectivity index (χ2n) is 12.5. The highest BCUT2D eigenvalue weighted by atomic mass is 32.2. The lowest BCUT2D eigenvalue weighted by Gasteiger charge is -2.31. The zero-order valence-electron chi connectivity index (χ0n) is 26.7. The number of carbonyl (C=O) groups excluding carboxylic acids is 1. The minimum absolute atomic E-state index is 0.254. The first-order valence-corrected chi connectivity index (χ1v) is 17.2. The standard InChI is InChI=1S/C36H42N2O6S/c1-36(2,3)44-35(39)38(24-23-37-21-7-6-8-22-37)28-12-14-29(15-13-28)43-34-32(26-9-17-31(18-10-26)45(5,40)41)19-11-27-25-30(42-4)16-20-33(27)34/h9-20,25H,6-8,21-24H2,1-5H3. The molecule has 1 amide bonds. The predicted molar refractivity (Wildman–Crippen MR) is 179 cm³/mol. The third-order valence-electron chi connectivity index (χ3n) is 7.84. The fourth-order valence-electron chi connectivity index (χ4n) is 5.50. The average molecular weight is 631 g/mol. The van der Waals surface area contributed by atoms with E-state index < -0.39 is 15.4 Å². The number of hydrogen-bond acceptors (Lipinski definition) is 7. The molecule has 1 fully saturated rings. The third-order valence-corrected chi connectivity index (χ3v) is 8.97. The van der Waals surface area contributed by atoms with Gasteiger partial charge in [0.15, 0.2) is 9.84 Å². The first-order valence-electron chi connectivity index (χ1n) is 15.3. The van der Waals surface area contributed by atoms with Crippen molar-refractivity contribution < 1.29 is 27.4 Å². The van der Waals surface area contributed by atoms with Crippen LogP contribution in [0, 0.1) is 0 Å². The van der Waals surface area contributed by atoms with Crippen LogP contribution in [0.25, 0.3) is 21.9 Å². The summed E-state index contributed by atoms with van der Waals surface area (Å²) in [6.07, 6.45) is 4.44. The van der Waals surface area contributed by atoms with E-state index in [9.17, 15) is 13.2 Å². The van der Waals surface area contributed by atoms with E-state index in [-0.39, 0.29) is 11.0 Å². The van der Waals surface area contributed by atoms with E-state index in [1.54, 1.807) is 36.3 Å². The summed E-state index contributed by atoms with van der Waals surface area (Å²) >= 11 is 0. The summed E-state index contributed by atoms with van der Waals surface area (Å²) in [5.74, 6) is 1.95. The van der Waals surface area contributed by atoms with Crippen molar-refractivity contribution in [2.45, 2.75) is 50.5 Å².